The van der Waals surface area contributed by atoms with Gasteiger partial charge in [-0.05, 0) is 12.8 Å². The summed E-state index contributed by atoms with van der Waals surface area (Å²) in [5, 5.41) is 13.2. The van der Waals surface area contributed by atoms with E-state index in [-0.39, 0.29) is 23.2 Å². The molecular formula is C9H14N4O3S2. The van der Waals surface area contributed by atoms with Crippen molar-refractivity contribution in [3.05, 3.63) is 5.01 Å². The largest absolute Gasteiger partial charge is 0.363 e. The lowest BCUT2D eigenvalue weighted by Crippen LogP contribution is -2.34. The first kappa shape index (κ1) is 13.2. The van der Waals surface area contributed by atoms with Crippen molar-refractivity contribution in [2.45, 2.75) is 18.1 Å². The monoisotopic (exact) mass is 290 g/mol. The maximum absolute atomic E-state index is 11.7. The summed E-state index contributed by atoms with van der Waals surface area (Å²) in [5.74, 6) is -0.160. The first-order valence-corrected chi connectivity index (χ1v) is 8.07. The van der Waals surface area contributed by atoms with E-state index < -0.39 is 15.1 Å². The lowest BCUT2D eigenvalue weighted by Gasteiger charge is -2.09. The molecule has 2 heterocycles. The van der Waals surface area contributed by atoms with Crippen molar-refractivity contribution in [2.24, 2.45) is 0 Å². The highest BCUT2D eigenvalue weighted by Crippen LogP contribution is 2.19. The van der Waals surface area contributed by atoms with Crippen LogP contribution in [0.15, 0.2) is 0 Å². The van der Waals surface area contributed by atoms with Crippen molar-refractivity contribution in [1.29, 1.82) is 0 Å². The highest BCUT2D eigenvalue weighted by molar-refractivity contribution is 7.92. The number of aromatic nitrogens is 2. The number of anilines is 1. The van der Waals surface area contributed by atoms with Crippen molar-refractivity contribution in [3.8, 4) is 0 Å². The lowest BCUT2D eigenvalue weighted by molar-refractivity contribution is 0.0952. The summed E-state index contributed by atoms with van der Waals surface area (Å²) in [4.78, 5) is 11.7. The fourth-order valence-electron chi connectivity index (χ4n) is 1.79. The van der Waals surface area contributed by atoms with Crippen molar-refractivity contribution >= 4 is 32.2 Å². The van der Waals surface area contributed by atoms with Crippen LogP contribution >= 0.6 is 11.3 Å². The zero-order valence-electron chi connectivity index (χ0n) is 9.84. The SMILES string of the molecule is CNc1nnc(C(=O)NCC2CCCS2(=O)=O)s1. The molecule has 0 saturated carbocycles. The molecule has 0 bridgehead atoms. The molecule has 1 unspecified atom stereocenters. The van der Waals surface area contributed by atoms with Crippen molar-refractivity contribution in [3.63, 3.8) is 0 Å². The van der Waals surface area contributed by atoms with E-state index >= 15 is 0 Å². The van der Waals surface area contributed by atoms with Gasteiger partial charge >= 0.3 is 0 Å². The second-order valence-electron chi connectivity index (χ2n) is 4.00. The van der Waals surface area contributed by atoms with Gasteiger partial charge in [0.2, 0.25) is 10.1 Å². The van der Waals surface area contributed by atoms with E-state index in [1.807, 2.05) is 0 Å². The van der Waals surface area contributed by atoms with Gasteiger partial charge in [-0.3, -0.25) is 4.79 Å². The second-order valence-corrected chi connectivity index (χ2v) is 7.38. The number of nitrogens with one attached hydrogen (secondary N) is 2. The Hall–Kier alpha value is -1.22. The van der Waals surface area contributed by atoms with Crippen molar-refractivity contribution in [2.75, 3.05) is 24.7 Å². The van der Waals surface area contributed by atoms with Gasteiger partial charge in [0.25, 0.3) is 5.91 Å². The molecule has 1 aliphatic rings. The number of sulfone groups is 1. The van der Waals surface area contributed by atoms with Crippen LogP contribution in [0.1, 0.15) is 22.6 Å². The van der Waals surface area contributed by atoms with E-state index in [0.29, 0.717) is 18.0 Å². The Morgan fingerprint density at radius 2 is 2.28 bits per heavy atom. The molecule has 9 heteroatoms. The van der Waals surface area contributed by atoms with Crippen LogP contribution in [0.25, 0.3) is 0 Å². The number of hydrogen-bond donors (Lipinski definition) is 2. The molecule has 1 aromatic heterocycles. The van der Waals surface area contributed by atoms with Crippen LogP contribution in [0.5, 0.6) is 0 Å². The van der Waals surface area contributed by atoms with E-state index in [0.717, 1.165) is 11.3 Å². The van der Waals surface area contributed by atoms with Crippen LogP contribution in [0, 0.1) is 0 Å². The van der Waals surface area contributed by atoms with Crippen LogP contribution in [0.3, 0.4) is 0 Å². The van der Waals surface area contributed by atoms with Crippen LogP contribution in [-0.4, -0.2) is 49.1 Å². The minimum atomic E-state index is -3.02. The maximum atomic E-state index is 11.7. The maximum Gasteiger partial charge on any atom is 0.282 e. The van der Waals surface area contributed by atoms with E-state index in [1.165, 1.54) is 0 Å². The molecule has 1 saturated heterocycles. The standard InChI is InChI=1S/C9H14N4O3S2/c1-10-9-13-12-8(17-9)7(14)11-5-6-3-2-4-18(6,15)16/h6H,2-5H2,1H3,(H,10,13)(H,11,14). The minimum Gasteiger partial charge on any atom is -0.363 e. The fourth-order valence-corrected chi connectivity index (χ4v) is 4.16. The quantitative estimate of drug-likeness (QED) is 0.802. The van der Waals surface area contributed by atoms with Crippen molar-refractivity contribution < 1.29 is 13.2 Å². The minimum absolute atomic E-state index is 0.148. The van der Waals surface area contributed by atoms with Gasteiger partial charge < -0.3 is 10.6 Å². The van der Waals surface area contributed by atoms with Crippen LogP contribution in [0.2, 0.25) is 0 Å². The predicted molar refractivity (Wildman–Crippen MR) is 68.6 cm³/mol. The van der Waals surface area contributed by atoms with Crippen LogP contribution in [-0.2, 0) is 9.84 Å². The van der Waals surface area contributed by atoms with Gasteiger partial charge in [0.1, 0.15) is 0 Å². The summed E-state index contributed by atoms with van der Waals surface area (Å²) in [7, 11) is -1.34. The zero-order valence-corrected chi connectivity index (χ0v) is 11.5. The van der Waals surface area contributed by atoms with Gasteiger partial charge in [-0.15, -0.1) is 10.2 Å². The summed E-state index contributed by atoms with van der Waals surface area (Å²) in [6.45, 7) is 0.148. The van der Waals surface area contributed by atoms with Gasteiger partial charge in [0.15, 0.2) is 9.84 Å². The summed E-state index contributed by atoms with van der Waals surface area (Å²) < 4.78 is 23.1. The Bertz CT molecular complexity index is 540. The Kier molecular flexibility index (Phi) is 3.81. The summed E-state index contributed by atoms with van der Waals surface area (Å²) >= 11 is 1.13. The Morgan fingerprint density at radius 1 is 1.50 bits per heavy atom. The molecule has 1 aliphatic heterocycles. The molecule has 18 heavy (non-hydrogen) atoms. The molecule has 0 aromatic carbocycles. The molecular weight excluding hydrogens is 276 g/mol. The van der Waals surface area contributed by atoms with E-state index in [9.17, 15) is 13.2 Å². The Balaban J connectivity index is 1.92. The van der Waals surface area contributed by atoms with Gasteiger partial charge in [-0.25, -0.2) is 8.42 Å². The molecule has 2 N–H and O–H groups in total. The van der Waals surface area contributed by atoms with Crippen molar-refractivity contribution in [1.82, 2.24) is 15.5 Å². The third-order valence-electron chi connectivity index (χ3n) is 2.79. The summed E-state index contributed by atoms with van der Waals surface area (Å²) in [6.07, 6.45) is 1.28. The number of hydrogen-bond acceptors (Lipinski definition) is 7. The van der Waals surface area contributed by atoms with Gasteiger partial charge in [-0.1, -0.05) is 11.3 Å². The second kappa shape index (κ2) is 5.19. The van der Waals surface area contributed by atoms with Gasteiger partial charge in [0.05, 0.1) is 11.0 Å². The van der Waals surface area contributed by atoms with E-state index in [1.54, 1.807) is 7.05 Å². The van der Waals surface area contributed by atoms with Gasteiger partial charge in [0, 0.05) is 13.6 Å². The molecule has 0 aliphatic carbocycles. The highest BCUT2D eigenvalue weighted by Gasteiger charge is 2.31. The first-order chi connectivity index (χ1) is 8.53. The molecule has 2 rings (SSSR count). The average molecular weight is 290 g/mol. The molecule has 100 valence electrons. The molecule has 0 radical (unpaired) electrons. The average Bonchev–Trinajstić information content (AvgIpc) is 2.92. The van der Waals surface area contributed by atoms with E-state index in [4.69, 9.17) is 0 Å². The third-order valence-corrected chi connectivity index (χ3v) is 6.00. The van der Waals surface area contributed by atoms with Crippen LogP contribution in [0.4, 0.5) is 5.13 Å². The highest BCUT2D eigenvalue weighted by atomic mass is 32.2. The molecule has 1 amide bonds. The molecule has 0 spiro atoms. The Morgan fingerprint density at radius 3 is 2.83 bits per heavy atom. The fraction of sp³-hybridized carbons (Fsp3) is 0.667. The normalized spacial score (nSPS) is 21.7. The number of carbonyl (C=O) groups excluding carboxylic acids is 1. The molecule has 7 nitrogen and oxygen atoms in total. The third kappa shape index (κ3) is 2.78. The summed E-state index contributed by atoms with van der Waals surface area (Å²) in [5.41, 5.74) is 0. The lowest BCUT2D eigenvalue weighted by atomic mass is 10.2. The number of carbonyl (C=O) groups is 1. The van der Waals surface area contributed by atoms with E-state index in [2.05, 4.69) is 20.8 Å². The Labute approximate surface area is 109 Å². The smallest absolute Gasteiger partial charge is 0.282 e. The number of nitrogens with zero attached hydrogens (tertiary/aromatic N) is 2. The molecule has 1 atom stereocenters. The number of amides is 1. The predicted octanol–water partition coefficient (Wildman–Crippen LogP) is -0.113. The zero-order chi connectivity index (χ0) is 13.2. The van der Waals surface area contributed by atoms with Gasteiger partial charge in [-0.2, -0.15) is 0 Å². The number of rotatable bonds is 4. The first-order valence-electron chi connectivity index (χ1n) is 5.54. The topological polar surface area (TPSA) is 101 Å². The molecule has 1 aromatic rings. The summed E-state index contributed by atoms with van der Waals surface area (Å²) in [6, 6.07) is 0. The van der Waals surface area contributed by atoms with Crippen LogP contribution < -0.4 is 10.6 Å². The molecule has 1 fully saturated rings.